The monoisotopic (exact) mass is 570 g/mol. The van der Waals surface area contributed by atoms with Crippen molar-refractivity contribution in [3.63, 3.8) is 0 Å². The zero-order chi connectivity index (χ0) is 26.4. The Labute approximate surface area is 219 Å². The molecule has 0 spiro atoms. The van der Waals surface area contributed by atoms with Crippen molar-refractivity contribution in [3.8, 4) is 0 Å². The number of carbonyl (C=O) groups is 1. The van der Waals surface area contributed by atoms with Crippen molar-refractivity contribution < 1.29 is 18.4 Å². The second kappa shape index (κ2) is 12.5. The van der Waals surface area contributed by atoms with Crippen LogP contribution in [0.1, 0.15) is 66.4 Å². The lowest BCUT2D eigenvalue weighted by atomic mass is 10.1. The van der Waals surface area contributed by atoms with Crippen LogP contribution in [-0.4, -0.2) is 41.9 Å². The first-order valence-electron chi connectivity index (χ1n) is 12.3. The lowest BCUT2D eigenvalue weighted by Crippen LogP contribution is -2.51. The number of benzene rings is 1. The van der Waals surface area contributed by atoms with E-state index in [0.717, 1.165) is 16.5 Å². The van der Waals surface area contributed by atoms with Crippen molar-refractivity contribution in [2.75, 3.05) is 7.11 Å². The Kier molecular flexibility index (Phi) is 11.5. The quantitative estimate of drug-likeness (QED) is 0.197. The maximum atomic E-state index is 11.8. The molecule has 0 aromatic heterocycles. The maximum Gasteiger partial charge on any atom is 0.305 e. The summed E-state index contributed by atoms with van der Waals surface area (Å²) < 4.78 is 19.9. The Bertz CT molecular complexity index is 823. The van der Waals surface area contributed by atoms with Crippen LogP contribution in [0.4, 0.5) is 0 Å². The Morgan fingerprint density at radius 3 is 2.00 bits per heavy atom. The topological polar surface area (TPSA) is 44.8 Å². The van der Waals surface area contributed by atoms with Crippen molar-refractivity contribution in [1.82, 2.24) is 0 Å². The van der Waals surface area contributed by atoms with Crippen LogP contribution in [0.2, 0.25) is 36.3 Å². The molecule has 7 heteroatoms. The van der Waals surface area contributed by atoms with Crippen LogP contribution in [0.3, 0.4) is 0 Å². The molecule has 2 atom stereocenters. The van der Waals surface area contributed by atoms with Gasteiger partial charge in [0.1, 0.15) is 0 Å². The van der Waals surface area contributed by atoms with E-state index in [0.29, 0.717) is 12.8 Å². The number of esters is 1. The number of methoxy groups -OCH3 is 1. The molecule has 1 aromatic carbocycles. The van der Waals surface area contributed by atoms with Gasteiger partial charge in [0.2, 0.25) is 0 Å². The lowest BCUT2D eigenvalue weighted by Gasteiger charge is -2.44. The van der Waals surface area contributed by atoms with E-state index in [1.807, 2.05) is 18.2 Å². The lowest BCUT2D eigenvalue weighted by molar-refractivity contribution is -0.140. The van der Waals surface area contributed by atoms with Gasteiger partial charge >= 0.3 is 5.97 Å². The van der Waals surface area contributed by atoms with Crippen LogP contribution in [0.5, 0.6) is 0 Å². The molecule has 0 unspecified atom stereocenters. The highest BCUT2D eigenvalue weighted by atomic mass is 79.9. The number of rotatable bonds is 11. The third-order valence-electron chi connectivity index (χ3n) is 7.32. The molecule has 194 valence electrons. The largest absolute Gasteiger partial charge is 0.469 e. The highest BCUT2D eigenvalue weighted by Gasteiger charge is 2.44. The number of carbonyl (C=O) groups excluding carboxylic acids is 1. The van der Waals surface area contributed by atoms with E-state index in [9.17, 15) is 4.79 Å². The normalized spacial score (nSPS) is 15.4. The van der Waals surface area contributed by atoms with Gasteiger partial charge in [-0.3, -0.25) is 4.79 Å². The number of ether oxygens (including phenoxy) is 1. The van der Waals surface area contributed by atoms with E-state index in [1.165, 1.54) is 7.11 Å². The molecule has 1 aromatic rings. The first-order chi connectivity index (χ1) is 15.4. The molecule has 0 saturated carbocycles. The minimum atomic E-state index is -2.09. The Morgan fingerprint density at radius 2 is 1.50 bits per heavy atom. The van der Waals surface area contributed by atoms with Crippen LogP contribution in [0.15, 0.2) is 34.8 Å². The molecule has 34 heavy (non-hydrogen) atoms. The number of hydrogen-bond acceptors (Lipinski definition) is 4. The first kappa shape index (κ1) is 31.3. The van der Waals surface area contributed by atoms with E-state index < -0.39 is 16.6 Å². The zero-order valence-corrected chi connectivity index (χ0v) is 26.8. The van der Waals surface area contributed by atoms with Crippen LogP contribution >= 0.6 is 15.9 Å². The highest BCUT2D eigenvalue weighted by Crippen LogP contribution is 2.41. The fourth-order valence-electron chi connectivity index (χ4n) is 2.96. The summed E-state index contributed by atoms with van der Waals surface area (Å²) in [6.07, 6.45) is 5.76. The van der Waals surface area contributed by atoms with E-state index in [-0.39, 0.29) is 28.3 Å². The molecule has 0 heterocycles. The summed E-state index contributed by atoms with van der Waals surface area (Å²) in [4.78, 5) is 11.8. The smallest absolute Gasteiger partial charge is 0.305 e. The van der Waals surface area contributed by atoms with Crippen molar-refractivity contribution in [3.05, 3.63) is 40.4 Å². The summed E-state index contributed by atoms with van der Waals surface area (Å²) in [5.74, 6) is -0.184. The SMILES string of the molecule is COC(=O)CCC[C@H](O[Si](C)(C)C(C)(C)C)[C@@H](/C=C/c1ccccc1Br)O[Si](C)(C)C(C)(C)C. The summed E-state index contributed by atoms with van der Waals surface area (Å²) in [6.45, 7) is 22.7. The molecule has 0 aliphatic carbocycles. The molecule has 0 aliphatic heterocycles. The fourth-order valence-corrected chi connectivity index (χ4v) is 6.00. The van der Waals surface area contributed by atoms with Gasteiger partial charge in [-0.25, -0.2) is 0 Å². The molecule has 0 radical (unpaired) electrons. The summed E-state index contributed by atoms with van der Waals surface area (Å²) in [6, 6.07) is 8.18. The molecular formula is C27H47BrO4Si2. The number of hydrogen-bond donors (Lipinski definition) is 0. The van der Waals surface area contributed by atoms with Crippen molar-refractivity contribution in [2.45, 2.75) is 109 Å². The van der Waals surface area contributed by atoms with Gasteiger partial charge in [0.15, 0.2) is 16.6 Å². The van der Waals surface area contributed by atoms with Gasteiger partial charge in [-0.15, -0.1) is 0 Å². The van der Waals surface area contributed by atoms with Gasteiger partial charge in [-0.1, -0.05) is 87.8 Å². The standard InChI is InChI=1S/C27H47BrO4Si2/c1-26(2,3)33(8,9)31-23(17-14-18-25(29)30-7)24(32-34(10,11)27(4,5)6)20-19-21-15-12-13-16-22(21)28/h12-13,15-16,19-20,23-24H,14,17-18H2,1-11H3/b20-19+/t23-,24+/m0/s1. The Morgan fingerprint density at radius 1 is 0.971 bits per heavy atom. The second-order valence-electron chi connectivity index (χ2n) is 12.1. The zero-order valence-electron chi connectivity index (χ0n) is 23.3. The summed E-state index contributed by atoms with van der Waals surface area (Å²) in [5.41, 5.74) is 1.10. The second-order valence-corrected chi connectivity index (χ2v) is 22.5. The van der Waals surface area contributed by atoms with Crippen LogP contribution in [-0.2, 0) is 18.4 Å². The third kappa shape index (κ3) is 9.38. The van der Waals surface area contributed by atoms with Crippen LogP contribution in [0.25, 0.3) is 6.08 Å². The molecule has 0 bridgehead atoms. The van der Waals surface area contributed by atoms with Crippen molar-refractivity contribution in [1.29, 1.82) is 0 Å². The van der Waals surface area contributed by atoms with Crippen molar-refractivity contribution in [2.24, 2.45) is 0 Å². The van der Waals surface area contributed by atoms with Gasteiger partial charge in [0.25, 0.3) is 0 Å². The molecule has 0 N–H and O–H groups in total. The average Bonchev–Trinajstić information content (AvgIpc) is 2.69. The van der Waals surface area contributed by atoms with E-state index in [1.54, 1.807) is 0 Å². The minimum Gasteiger partial charge on any atom is -0.469 e. The summed E-state index contributed by atoms with van der Waals surface area (Å²) in [5, 5.41) is 0.140. The maximum absolute atomic E-state index is 11.8. The van der Waals surface area contributed by atoms with E-state index >= 15 is 0 Å². The van der Waals surface area contributed by atoms with Gasteiger partial charge in [0.05, 0.1) is 19.3 Å². The van der Waals surface area contributed by atoms with Gasteiger partial charge in [-0.05, 0) is 60.7 Å². The summed E-state index contributed by atoms with van der Waals surface area (Å²) in [7, 11) is -2.73. The Balaban J connectivity index is 3.41. The van der Waals surface area contributed by atoms with Gasteiger partial charge < -0.3 is 13.6 Å². The molecule has 1 rings (SSSR count). The van der Waals surface area contributed by atoms with Crippen molar-refractivity contribution >= 4 is 44.6 Å². The minimum absolute atomic E-state index is 0.0694. The molecular weight excluding hydrogens is 524 g/mol. The third-order valence-corrected chi connectivity index (χ3v) is 17.0. The molecule has 0 fully saturated rings. The summed E-state index contributed by atoms with van der Waals surface area (Å²) >= 11 is 3.66. The molecule has 0 amide bonds. The molecule has 0 saturated heterocycles. The van der Waals surface area contributed by atoms with Gasteiger partial charge in [0, 0.05) is 10.9 Å². The first-order valence-corrected chi connectivity index (χ1v) is 18.9. The van der Waals surface area contributed by atoms with E-state index in [4.69, 9.17) is 13.6 Å². The molecule has 4 nitrogen and oxygen atoms in total. The van der Waals surface area contributed by atoms with Crippen LogP contribution < -0.4 is 0 Å². The predicted octanol–water partition coefficient (Wildman–Crippen LogP) is 8.59. The van der Waals surface area contributed by atoms with Gasteiger partial charge in [-0.2, -0.15) is 0 Å². The van der Waals surface area contributed by atoms with Crippen LogP contribution in [0, 0.1) is 0 Å². The predicted molar refractivity (Wildman–Crippen MR) is 153 cm³/mol. The highest BCUT2D eigenvalue weighted by molar-refractivity contribution is 9.10. The fraction of sp³-hybridized carbons (Fsp3) is 0.667. The average molecular weight is 572 g/mol. The number of halogens is 1. The Hall–Kier alpha value is -0.736. The van der Waals surface area contributed by atoms with E-state index in [2.05, 4.69) is 102 Å². The molecule has 0 aliphatic rings.